The Kier molecular flexibility index (Phi) is 5.05. The average Bonchev–Trinajstić information content (AvgIpc) is 2.72. The van der Waals surface area contributed by atoms with Crippen LogP contribution >= 0.6 is 0 Å². The molecule has 1 aliphatic heterocycles. The fourth-order valence-electron chi connectivity index (χ4n) is 4.09. The van der Waals surface area contributed by atoms with Crippen molar-refractivity contribution in [3.8, 4) is 0 Å². The van der Waals surface area contributed by atoms with Gasteiger partial charge >= 0.3 is 0 Å². The summed E-state index contributed by atoms with van der Waals surface area (Å²) >= 11 is 0. The highest BCUT2D eigenvalue weighted by molar-refractivity contribution is 6.20. The highest BCUT2D eigenvalue weighted by atomic mass is 16.3. The third-order valence-corrected chi connectivity index (χ3v) is 5.78. The normalized spacial score (nSPS) is 26.6. The number of Topliss-reactive ketones (excluding diaryl/α,β-unsaturated/α-hetero) is 1. The first kappa shape index (κ1) is 18.5. The van der Waals surface area contributed by atoms with Gasteiger partial charge in [-0.05, 0) is 43.7 Å². The molecule has 4 heteroatoms. The second-order valence-electron chi connectivity index (χ2n) is 7.54. The van der Waals surface area contributed by atoms with Crippen molar-refractivity contribution in [3.05, 3.63) is 83.4 Å². The molecule has 0 aromatic heterocycles. The lowest BCUT2D eigenvalue weighted by atomic mass is 9.75. The molecule has 0 saturated heterocycles. The zero-order valence-corrected chi connectivity index (χ0v) is 16.0. The van der Waals surface area contributed by atoms with E-state index in [1.165, 1.54) is 6.92 Å². The average molecular weight is 372 g/mol. The van der Waals surface area contributed by atoms with Crippen LogP contribution in [0.3, 0.4) is 0 Å². The maximum Gasteiger partial charge on any atom is 0.161 e. The molecule has 4 nitrogen and oxygen atoms in total. The van der Waals surface area contributed by atoms with Gasteiger partial charge in [-0.2, -0.15) is 5.10 Å². The summed E-state index contributed by atoms with van der Waals surface area (Å²) < 4.78 is 0. The Morgan fingerprint density at radius 2 is 1.61 bits per heavy atom. The van der Waals surface area contributed by atoms with Crippen molar-refractivity contribution in [2.45, 2.75) is 38.2 Å². The van der Waals surface area contributed by atoms with Crippen LogP contribution in [0, 0.1) is 5.92 Å². The van der Waals surface area contributed by atoms with Crippen LogP contribution in [-0.2, 0) is 4.79 Å². The first-order valence-electron chi connectivity index (χ1n) is 9.79. The van der Waals surface area contributed by atoms with Gasteiger partial charge in [0, 0.05) is 11.5 Å². The zero-order chi connectivity index (χ0) is 19.6. The van der Waals surface area contributed by atoms with Crippen LogP contribution in [0.25, 0.3) is 0 Å². The maximum absolute atomic E-state index is 12.1. The van der Waals surface area contributed by atoms with Gasteiger partial charge in [0.15, 0.2) is 5.78 Å². The SMILES string of the molecule is CC(=O)[C@@]1(O)CC/C=C2/C(c3ccccc3)=NN=C(c3ccccc3)C2CC1. The number of aliphatic hydroxyl groups is 1. The molecule has 1 aliphatic carbocycles. The van der Waals surface area contributed by atoms with E-state index in [2.05, 4.69) is 16.3 Å². The molecule has 4 rings (SSSR count). The topological polar surface area (TPSA) is 62.0 Å². The summed E-state index contributed by atoms with van der Waals surface area (Å²) in [6.45, 7) is 1.48. The van der Waals surface area contributed by atoms with Crippen molar-refractivity contribution >= 4 is 17.2 Å². The van der Waals surface area contributed by atoms with Crippen LogP contribution in [0.2, 0.25) is 0 Å². The van der Waals surface area contributed by atoms with Crippen molar-refractivity contribution in [2.75, 3.05) is 0 Å². The van der Waals surface area contributed by atoms with Crippen LogP contribution in [-0.4, -0.2) is 27.9 Å². The van der Waals surface area contributed by atoms with Gasteiger partial charge in [-0.15, -0.1) is 5.10 Å². The van der Waals surface area contributed by atoms with Gasteiger partial charge in [-0.25, -0.2) is 0 Å². The van der Waals surface area contributed by atoms with Crippen LogP contribution in [0.15, 0.2) is 82.5 Å². The van der Waals surface area contributed by atoms with Crippen LogP contribution in [0.1, 0.15) is 43.7 Å². The van der Waals surface area contributed by atoms with Crippen molar-refractivity contribution in [1.82, 2.24) is 0 Å². The predicted octanol–water partition coefficient (Wildman–Crippen LogP) is 4.33. The summed E-state index contributed by atoms with van der Waals surface area (Å²) in [5.41, 5.74) is 3.74. The molecule has 0 spiro atoms. The van der Waals surface area contributed by atoms with Gasteiger partial charge in [0.05, 0.1) is 11.4 Å². The molecule has 1 unspecified atom stereocenters. The fourth-order valence-corrected chi connectivity index (χ4v) is 4.09. The van der Waals surface area contributed by atoms with E-state index in [1.54, 1.807) is 0 Å². The summed E-state index contributed by atoms with van der Waals surface area (Å²) in [5, 5.41) is 20.0. The fraction of sp³-hybridized carbons (Fsp3) is 0.292. The molecule has 28 heavy (non-hydrogen) atoms. The van der Waals surface area contributed by atoms with E-state index in [0.29, 0.717) is 25.7 Å². The van der Waals surface area contributed by atoms with Crippen LogP contribution in [0.4, 0.5) is 0 Å². The molecule has 0 bridgehead atoms. The summed E-state index contributed by atoms with van der Waals surface area (Å²) in [6.07, 6.45) is 4.30. The summed E-state index contributed by atoms with van der Waals surface area (Å²) in [6, 6.07) is 20.1. The number of carbonyl (C=O) groups excluding carboxylic acids is 1. The smallest absolute Gasteiger partial charge is 0.161 e. The first-order chi connectivity index (χ1) is 13.6. The molecule has 2 aromatic carbocycles. The Morgan fingerprint density at radius 1 is 0.964 bits per heavy atom. The molecule has 2 atom stereocenters. The highest BCUT2D eigenvalue weighted by Crippen LogP contribution is 2.36. The van der Waals surface area contributed by atoms with Gasteiger partial charge in [0.2, 0.25) is 0 Å². The van der Waals surface area contributed by atoms with E-state index in [4.69, 9.17) is 0 Å². The third-order valence-electron chi connectivity index (χ3n) is 5.78. The van der Waals surface area contributed by atoms with Crippen molar-refractivity contribution < 1.29 is 9.90 Å². The number of nitrogens with zero attached hydrogens (tertiary/aromatic N) is 2. The number of fused-ring (bicyclic) bond motifs is 1. The minimum atomic E-state index is -1.26. The Morgan fingerprint density at radius 3 is 2.25 bits per heavy atom. The van der Waals surface area contributed by atoms with E-state index in [-0.39, 0.29) is 11.7 Å². The Bertz CT molecular complexity index is 961. The molecular formula is C24H24N2O2. The number of allylic oxidation sites excluding steroid dienone is 2. The van der Waals surface area contributed by atoms with E-state index in [9.17, 15) is 9.90 Å². The second kappa shape index (κ2) is 7.64. The molecule has 1 heterocycles. The lowest BCUT2D eigenvalue weighted by molar-refractivity contribution is -0.136. The molecule has 2 aromatic rings. The third kappa shape index (κ3) is 3.48. The monoisotopic (exact) mass is 372 g/mol. The summed E-state index contributed by atoms with van der Waals surface area (Å²) in [5.74, 6) is -0.156. The van der Waals surface area contributed by atoms with Gasteiger partial charge in [-0.3, -0.25) is 4.79 Å². The van der Waals surface area contributed by atoms with Gasteiger partial charge in [0.1, 0.15) is 5.60 Å². The predicted molar refractivity (Wildman–Crippen MR) is 112 cm³/mol. The quantitative estimate of drug-likeness (QED) is 0.872. The number of hydrogen-bond acceptors (Lipinski definition) is 4. The molecular weight excluding hydrogens is 348 g/mol. The molecule has 1 N–H and O–H groups in total. The van der Waals surface area contributed by atoms with Crippen molar-refractivity contribution in [3.63, 3.8) is 0 Å². The van der Waals surface area contributed by atoms with Crippen molar-refractivity contribution in [1.29, 1.82) is 0 Å². The standard InChI is InChI=1S/C24H24N2O2/c1-17(27)24(28)15-8-13-20-21(14-16-24)23(19-11-6-3-7-12-19)26-25-22(20)18-9-4-2-5-10-18/h2-7,9-13,21,28H,8,14-16H2,1H3/b20-13+/t21?,24-/m1/s1. The largest absolute Gasteiger partial charge is 0.382 e. The van der Waals surface area contributed by atoms with Gasteiger partial charge in [-0.1, -0.05) is 66.7 Å². The van der Waals surface area contributed by atoms with E-state index in [1.807, 2.05) is 60.7 Å². The van der Waals surface area contributed by atoms with E-state index >= 15 is 0 Å². The minimum Gasteiger partial charge on any atom is -0.382 e. The lowest BCUT2D eigenvalue weighted by Gasteiger charge is -2.33. The van der Waals surface area contributed by atoms with E-state index in [0.717, 1.165) is 28.1 Å². The van der Waals surface area contributed by atoms with Gasteiger partial charge < -0.3 is 5.11 Å². The number of rotatable bonds is 3. The lowest BCUT2D eigenvalue weighted by Crippen LogP contribution is -2.39. The van der Waals surface area contributed by atoms with Gasteiger partial charge in [0.25, 0.3) is 0 Å². The summed E-state index contributed by atoms with van der Waals surface area (Å²) in [7, 11) is 0. The number of benzene rings is 2. The number of carbonyl (C=O) groups is 1. The second-order valence-corrected chi connectivity index (χ2v) is 7.54. The Labute approximate surface area is 165 Å². The summed E-state index contributed by atoms with van der Waals surface area (Å²) in [4.78, 5) is 12.1. The maximum atomic E-state index is 12.1. The molecule has 0 radical (unpaired) electrons. The molecule has 0 fully saturated rings. The Balaban J connectivity index is 1.81. The molecule has 142 valence electrons. The van der Waals surface area contributed by atoms with Crippen molar-refractivity contribution in [2.24, 2.45) is 16.1 Å². The van der Waals surface area contributed by atoms with Crippen LogP contribution < -0.4 is 0 Å². The van der Waals surface area contributed by atoms with E-state index < -0.39 is 5.60 Å². The van der Waals surface area contributed by atoms with Crippen LogP contribution in [0.5, 0.6) is 0 Å². The highest BCUT2D eigenvalue weighted by Gasteiger charge is 2.38. The molecule has 0 amide bonds. The Hall–Kier alpha value is -2.85. The first-order valence-corrected chi connectivity index (χ1v) is 9.79. The zero-order valence-electron chi connectivity index (χ0n) is 16.0. The molecule has 0 saturated carbocycles. The molecule has 2 aliphatic rings. The number of hydrogen-bond donors (Lipinski definition) is 1. The number of ketones is 1. The minimum absolute atomic E-state index is 0.00119.